The second-order valence-corrected chi connectivity index (χ2v) is 25.4. The molecule has 0 saturated carbocycles. The molecule has 40 nitrogen and oxygen atoms in total. The number of nitrogens with two attached hydrogens (primary N) is 2. The lowest BCUT2D eigenvalue weighted by molar-refractivity contribution is -0.745. The highest BCUT2D eigenvalue weighted by Gasteiger charge is 2.53. The van der Waals surface area contributed by atoms with Crippen LogP contribution in [-0.4, -0.2) is 190 Å². The monoisotopic (exact) mass is 1260 g/mol. The quantitative estimate of drug-likeness (QED) is 0.0220. The average Bonchev–Trinajstić information content (AvgIpc) is 3.00. The number of aromatic nitrogens is 12. The van der Waals surface area contributed by atoms with Gasteiger partial charge in [-0.05, 0) is 13.8 Å². The van der Waals surface area contributed by atoms with Gasteiger partial charge in [-0.25, -0.2) is 38.2 Å². The van der Waals surface area contributed by atoms with Crippen molar-refractivity contribution in [2.45, 2.75) is 93.8 Å². The molecular formula is C39H56N16O24P4. The second-order valence-electron chi connectivity index (χ2n) is 19.4. The number of hydrogen-bond acceptors (Lipinski definition) is 30. The minimum Gasteiger partial charge on any atom is -0.756 e. The van der Waals surface area contributed by atoms with Gasteiger partial charge in [-0.2, -0.15) is 13.6 Å². The van der Waals surface area contributed by atoms with Gasteiger partial charge in [-0.15, -0.1) is 0 Å². The maximum atomic E-state index is 13.7. The molecule has 5 unspecified atom stereocenters. The van der Waals surface area contributed by atoms with E-state index in [1.165, 1.54) is 46.1 Å². The molecule has 0 aromatic carbocycles. The molecule has 3 aliphatic rings. The number of aryl methyl sites for hydroxylation is 1. The van der Waals surface area contributed by atoms with E-state index in [1.807, 2.05) is 0 Å². The number of imidazole rings is 3. The fourth-order valence-electron chi connectivity index (χ4n) is 9.33. The largest absolute Gasteiger partial charge is 0.756 e. The number of nitrogen functional groups attached to an aromatic ring is 2. The van der Waals surface area contributed by atoms with Gasteiger partial charge in [-0.3, -0.25) is 51.7 Å². The summed E-state index contributed by atoms with van der Waals surface area (Å²) in [4.78, 5) is 115. The summed E-state index contributed by atoms with van der Waals surface area (Å²) < 4.78 is 111. The minimum atomic E-state index is -6.25. The van der Waals surface area contributed by atoms with Crippen LogP contribution in [0.2, 0.25) is 0 Å². The van der Waals surface area contributed by atoms with Crippen LogP contribution in [0.5, 0.6) is 0 Å². The smallest absolute Gasteiger partial charge is 0.490 e. The number of hydrogen-bond donors (Lipinski definition) is 11. The van der Waals surface area contributed by atoms with E-state index in [9.17, 15) is 67.5 Å². The third-order valence-electron chi connectivity index (χ3n) is 13.0. The highest BCUT2D eigenvalue weighted by molar-refractivity contribution is 7.66. The number of nitrogens with zero attached hydrogens (tertiary/aromatic N) is 11. The Balaban J connectivity index is 0.881. The van der Waals surface area contributed by atoms with Crippen molar-refractivity contribution in [3.05, 3.63) is 46.0 Å². The highest BCUT2D eigenvalue weighted by Crippen LogP contribution is 2.68. The number of anilines is 3. The summed E-state index contributed by atoms with van der Waals surface area (Å²) in [7, 11) is -18.5. The average molecular weight is 1260 g/mol. The van der Waals surface area contributed by atoms with E-state index >= 15 is 0 Å². The standard InChI is InChI=1S/C39H56N16O24P4/c1-15(2)46-39-48-32-23(34(61)50-39)52(5)14-55(32)35-24(57)16(7-20(56)51(3)4)17(74-35)8-72-81(64,65)78-83(68,69)79-82(66,67)73-10-19-27(28(70-6)37(76-19)53-12-44-21-29(40)42-11-43-30(21)53)77-80(62,63)71-9-18-25(58)26(59)36(75-18)54-13-45-22-31(54)47-38(41)49-33(22)60/h11-19,24-28,35-37,57-59H,7-10H2,1-6H3,(H10-,40,41,42,43,46,47,48,49,50,60,61,62,63,64,65,66,67,68,69)/t16-,17-,18-,19?,24-,25-,26-,27-,28-,35-,36-,37-/m1/s1. The fourth-order valence-corrected chi connectivity index (χ4v) is 13.8. The van der Waals surface area contributed by atoms with E-state index in [1.54, 1.807) is 13.8 Å². The first kappa shape index (κ1) is 61.9. The van der Waals surface area contributed by atoms with Crippen LogP contribution < -0.4 is 37.4 Å². The molecule has 83 heavy (non-hydrogen) atoms. The summed E-state index contributed by atoms with van der Waals surface area (Å²) in [5.41, 5.74) is 10.0. The number of carbonyl (C=O) groups excluding carboxylic acids is 1. The zero-order valence-electron chi connectivity index (χ0n) is 44.0. The highest BCUT2D eigenvalue weighted by atomic mass is 31.3. The van der Waals surface area contributed by atoms with Crippen molar-refractivity contribution in [2.75, 3.05) is 57.8 Å². The Hall–Kier alpha value is -5.64. The Morgan fingerprint density at radius 3 is 2.08 bits per heavy atom. The van der Waals surface area contributed by atoms with Gasteiger partial charge in [0.2, 0.25) is 23.6 Å². The van der Waals surface area contributed by atoms with E-state index in [0.29, 0.717) is 0 Å². The Morgan fingerprint density at radius 2 is 1.43 bits per heavy atom. The van der Waals surface area contributed by atoms with E-state index in [-0.39, 0.29) is 57.2 Å². The molecule has 0 bridgehead atoms. The van der Waals surface area contributed by atoms with Crippen molar-refractivity contribution in [3.63, 3.8) is 0 Å². The number of aliphatic hydroxyl groups is 3. The third kappa shape index (κ3) is 13.1. The predicted octanol–water partition coefficient (Wildman–Crippen LogP) is -3.37. The molecule has 0 aliphatic carbocycles. The molecule has 456 valence electrons. The van der Waals surface area contributed by atoms with Crippen LogP contribution in [0.4, 0.5) is 17.7 Å². The lowest BCUT2D eigenvalue weighted by Crippen LogP contribution is -2.45. The molecule has 6 aromatic rings. The Kier molecular flexibility index (Phi) is 17.7. The number of aliphatic hydroxyl groups excluding tert-OH is 3. The lowest BCUT2D eigenvalue weighted by atomic mass is 9.94. The Labute approximate surface area is 464 Å². The van der Waals surface area contributed by atoms with Crippen LogP contribution in [0, 0.1) is 5.92 Å². The van der Waals surface area contributed by atoms with Gasteiger partial charge in [0.1, 0.15) is 54.6 Å². The van der Waals surface area contributed by atoms with Gasteiger partial charge in [0.05, 0.1) is 45.6 Å². The number of carbonyl (C=O) groups is 1. The number of phosphoric acid groups is 4. The Morgan fingerprint density at radius 1 is 0.807 bits per heavy atom. The molecule has 13 N–H and O–H groups in total. The topological polar surface area (TPSA) is 551 Å². The summed E-state index contributed by atoms with van der Waals surface area (Å²) in [6, 6.07) is -0.178. The summed E-state index contributed by atoms with van der Waals surface area (Å²) in [5.74, 6) is -2.14. The van der Waals surface area contributed by atoms with Gasteiger partial charge in [-0.1, -0.05) is 4.98 Å². The molecule has 1 amide bonds. The second kappa shape index (κ2) is 23.7. The van der Waals surface area contributed by atoms with Crippen LogP contribution in [0.25, 0.3) is 33.5 Å². The van der Waals surface area contributed by atoms with Crippen LogP contribution >= 0.6 is 31.3 Å². The van der Waals surface area contributed by atoms with E-state index in [2.05, 4.69) is 53.8 Å². The van der Waals surface area contributed by atoms with Gasteiger partial charge in [0.25, 0.3) is 24.9 Å². The molecule has 3 saturated heterocycles. The van der Waals surface area contributed by atoms with Crippen LogP contribution in [-0.2, 0) is 75.8 Å². The summed E-state index contributed by atoms with van der Waals surface area (Å²) in [6.07, 6.45) is -14.1. The van der Waals surface area contributed by atoms with E-state index in [4.69, 9.17) is 48.5 Å². The molecule has 0 spiro atoms. The number of ether oxygens (including phenoxy) is 4. The van der Waals surface area contributed by atoms with Gasteiger partial charge in [0.15, 0.2) is 41.4 Å². The zero-order valence-corrected chi connectivity index (χ0v) is 47.6. The molecule has 0 radical (unpaired) electrons. The van der Waals surface area contributed by atoms with Crippen molar-refractivity contribution in [1.82, 2.24) is 58.5 Å². The predicted molar refractivity (Wildman–Crippen MR) is 272 cm³/mol. The van der Waals surface area contributed by atoms with Crippen molar-refractivity contribution >= 4 is 88.4 Å². The normalized spacial score (nSPS) is 28.7. The molecule has 6 aromatic heterocycles. The number of aromatic amines is 2. The summed E-state index contributed by atoms with van der Waals surface area (Å²) in [5, 5.41) is 36.4. The number of H-pyrrole nitrogens is 2. The number of rotatable bonds is 23. The fraction of sp³-hybridized carbons (Fsp3) is 0.590. The number of methoxy groups -OCH3 is 1. The molecule has 44 heteroatoms. The van der Waals surface area contributed by atoms with Crippen molar-refractivity contribution in [1.29, 1.82) is 0 Å². The molecular weight excluding hydrogens is 1200 g/mol. The number of phosphoric ester groups is 3. The SMILES string of the molecule is CO[C@@H]1[C@H](OP(=O)([O-])OC[C@H]2O[C@@H](n3cnc4c(=O)[nH]c(N)nc43)[C@H](O)[C@@H]2O)C(COP(=O)(O)OP(=O)(O)OP(=O)(O)OC[C@H]2O[C@@H]([n+]3cn(C)c4c(=O)[nH]c(NC(C)C)nc43)[C@H](O)[C@@H]2CC(=O)N(C)C)O[C@H]1n1cnc2c(N)ncnc21. The van der Waals surface area contributed by atoms with E-state index < -0.39 is 148 Å². The molecule has 3 fully saturated rings. The van der Waals surface area contributed by atoms with E-state index in [0.717, 1.165) is 30.7 Å². The molecule has 9 heterocycles. The molecule has 3 aliphatic heterocycles. The van der Waals surface area contributed by atoms with Gasteiger partial charge < -0.3 is 84.6 Å². The summed E-state index contributed by atoms with van der Waals surface area (Å²) in [6.45, 7) is 0.174. The summed E-state index contributed by atoms with van der Waals surface area (Å²) >= 11 is 0. The van der Waals surface area contributed by atoms with Gasteiger partial charge >= 0.3 is 29.1 Å². The first-order valence-electron chi connectivity index (χ1n) is 24.4. The minimum absolute atomic E-state index is 0.00879. The maximum absolute atomic E-state index is 13.7. The van der Waals surface area contributed by atoms with Crippen molar-refractivity contribution < 1.29 is 108 Å². The molecule has 16 atom stereocenters. The number of fused-ring (bicyclic) bond motifs is 3. The lowest BCUT2D eigenvalue weighted by Gasteiger charge is -2.31. The van der Waals surface area contributed by atoms with Crippen molar-refractivity contribution in [2.24, 2.45) is 13.0 Å². The van der Waals surface area contributed by atoms with Gasteiger partial charge in [0, 0.05) is 39.6 Å². The Bertz CT molecular complexity index is 3730. The third-order valence-corrected chi connectivity index (χ3v) is 18.3. The first-order chi connectivity index (χ1) is 38.9. The van der Waals surface area contributed by atoms with Crippen molar-refractivity contribution in [3.8, 4) is 0 Å². The maximum Gasteiger partial charge on any atom is 0.490 e. The van der Waals surface area contributed by atoms with Crippen LogP contribution in [0.3, 0.4) is 0 Å². The van der Waals surface area contributed by atoms with Crippen LogP contribution in [0.1, 0.15) is 39.0 Å². The number of amides is 1. The number of nitrogens with one attached hydrogen (secondary N) is 3. The first-order valence-corrected chi connectivity index (χ1v) is 30.3. The zero-order chi connectivity index (χ0) is 60.4. The molecule has 9 rings (SSSR count). The van der Waals surface area contributed by atoms with Crippen LogP contribution in [0.15, 0.2) is 34.9 Å².